The summed E-state index contributed by atoms with van der Waals surface area (Å²) in [6.45, 7) is 6.98. The zero-order valence-corrected chi connectivity index (χ0v) is 26.8. The zero-order valence-electron chi connectivity index (χ0n) is 20.4. The number of benzene rings is 2. The Morgan fingerprint density at radius 3 is 2.58 bits per heavy atom. The molecule has 6 nitrogen and oxygen atoms in total. The van der Waals surface area contributed by atoms with Gasteiger partial charge in [-0.15, -0.1) is 0 Å². The lowest BCUT2D eigenvalue weighted by molar-refractivity contribution is -0.0107. The van der Waals surface area contributed by atoms with Crippen LogP contribution in [-0.2, 0) is 5.98 Å². The largest absolute Gasteiger partial charge is 0.392 e. The number of carbonyl (C=O) groups is 1. The number of halogens is 3. The molecule has 0 bridgehead atoms. The minimum absolute atomic E-state index is 0.125. The number of nitrogens with zero attached hydrogens (tertiary/aromatic N) is 3. The Balaban J connectivity index is 1.38. The van der Waals surface area contributed by atoms with Crippen LogP contribution in [0.5, 0.6) is 0 Å². The third-order valence-electron chi connectivity index (χ3n) is 6.77. The number of likely N-dealkylation sites (tertiary alicyclic amines) is 1. The monoisotopic (exact) mass is 824 g/mol. The number of piperidine rings is 1. The second-order valence-electron chi connectivity index (χ2n) is 9.48. The summed E-state index contributed by atoms with van der Waals surface area (Å²) in [6.07, 6.45) is 3.15. The molecule has 36 heavy (non-hydrogen) atoms. The van der Waals surface area contributed by atoms with Crippen molar-refractivity contribution in [3.63, 3.8) is 0 Å². The predicted molar refractivity (Wildman–Crippen MR) is 176 cm³/mol. The first-order valence-corrected chi connectivity index (χ1v) is 24.4. The van der Waals surface area contributed by atoms with E-state index in [1.54, 1.807) is 17.1 Å². The molecule has 2 aromatic carbocycles. The van der Waals surface area contributed by atoms with E-state index in [0.29, 0.717) is 5.00 Å². The highest BCUT2D eigenvalue weighted by molar-refractivity contribution is 14.9. The lowest BCUT2D eigenvalue weighted by atomic mass is 9.88. The van der Waals surface area contributed by atoms with Gasteiger partial charge in [0, 0.05) is 31.5 Å². The molecule has 9 heteroatoms. The van der Waals surface area contributed by atoms with E-state index < -0.39 is 14.7 Å². The second-order valence-corrected chi connectivity index (χ2v) is 32.8. The van der Waals surface area contributed by atoms with Gasteiger partial charge in [0.1, 0.15) is -0.565 Å². The number of amides is 1. The Bertz CT molecular complexity index is 1370. The van der Waals surface area contributed by atoms with Crippen molar-refractivity contribution >= 4 is 72.7 Å². The lowest BCUT2D eigenvalue weighted by Gasteiger charge is -2.39. The summed E-state index contributed by atoms with van der Waals surface area (Å²) in [5.41, 5.74) is 5.04. The van der Waals surface area contributed by atoms with Crippen molar-refractivity contribution in [3.05, 3.63) is 77.6 Å². The molecule has 192 valence electrons. The van der Waals surface area contributed by atoms with Gasteiger partial charge < -0.3 is 10.4 Å². The van der Waals surface area contributed by atoms with Gasteiger partial charge in [-0.25, -0.2) is 4.68 Å². The molecule has 4 atom stereocenters. The third kappa shape index (κ3) is 5.40. The molecule has 1 fully saturated rings. The molecule has 0 spiro atoms. The van der Waals surface area contributed by atoms with Gasteiger partial charge in [-0.1, -0.05) is 99.2 Å². The number of hydrogen-bond donors (Lipinski definition) is 2. The van der Waals surface area contributed by atoms with Gasteiger partial charge in [-0.3, -0.25) is 9.69 Å². The van der Waals surface area contributed by atoms with E-state index in [-0.39, 0.29) is 61.2 Å². The van der Waals surface area contributed by atoms with Crippen LogP contribution in [0.25, 0.3) is 5.69 Å². The number of hydrogen-bond acceptors (Lipinski definition) is 4. The number of nitrogens with one attached hydrogen (secondary N) is 1. The molecule has 1 amide bonds. The topological polar surface area (TPSA) is 70.4 Å². The summed E-state index contributed by atoms with van der Waals surface area (Å²) < 4.78 is 11.1. The van der Waals surface area contributed by atoms with Gasteiger partial charge in [0.15, 0.2) is 0 Å². The minimum Gasteiger partial charge on any atom is -0.392 e. The maximum atomic E-state index is 13.1. The van der Waals surface area contributed by atoms with Crippen molar-refractivity contribution in [1.82, 2.24) is 14.7 Å². The molecule has 1 saturated heterocycles. The fourth-order valence-corrected chi connectivity index (χ4v) is 41.1. The average molecular weight is 824 g/mol. The number of para-hydroxylation sites is 1. The maximum absolute atomic E-state index is 13.1. The molecule has 5 rings (SSSR count). The molecular formula is C27H31I3N4O2. The first-order valence-electron chi connectivity index (χ1n) is 11.8. The van der Waals surface area contributed by atoms with E-state index in [4.69, 9.17) is 0 Å². The Morgan fingerprint density at radius 1 is 1.25 bits per heavy atom. The molecule has 0 saturated carbocycles. The van der Waals surface area contributed by atoms with Crippen molar-refractivity contribution in [3.8, 4) is 5.69 Å². The van der Waals surface area contributed by atoms with Crippen molar-refractivity contribution in [1.29, 1.82) is 0 Å². The van der Waals surface area contributed by atoms with Crippen LogP contribution in [0.2, 0.25) is 0 Å². The van der Waals surface area contributed by atoms with E-state index in [1.807, 2.05) is 36.4 Å². The standard InChI is InChI=1S/C27H31I3N4O2/c1-18-14-33(15-19(2)25(18)35)16-20-10-11-22(12-24(20)27(28-3)29-30(27)4)32-26(36)21-13-31-34(17-21)23-8-6-5-7-9-23/h5-13,17-19,25,35H,3-4,14-16H2,1-2H3,(H,32,36)/t18-,19+,25?,27?. The number of alkyl halides is 3. The molecule has 0 radical (unpaired) electrons. The van der Waals surface area contributed by atoms with Crippen molar-refractivity contribution in [2.75, 3.05) is 18.4 Å². The van der Waals surface area contributed by atoms with Crippen LogP contribution in [0.1, 0.15) is 35.3 Å². The number of aliphatic hydroxyl groups is 1. The second kappa shape index (κ2) is 11.0. The van der Waals surface area contributed by atoms with Crippen LogP contribution in [0.15, 0.2) is 60.9 Å². The lowest BCUT2D eigenvalue weighted by Crippen LogP contribution is -2.47. The van der Waals surface area contributed by atoms with Crippen LogP contribution in [0.3, 0.4) is 0 Å². The summed E-state index contributed by atoms with van der Waals surface area (Å²) in [5.74, 6) is 0.384. The fraction of sp³-hybridized carbons (Fsp3) is 0.333. The van der Waals surface area contributed by atoms with Crippen LogP contribution >= 0.6 is 52.1 Å². The summed E-state index contributed by atoms with van der Waals surface area (Å²) in [6, 6.07) is 16.2. The smallest absolute Gasteiger partial charge is 0.258 e. The first kappa shape index (κ1) is 26.6. The van der Waals surface area contributed by atoms with Gasteiger partial charge in [0.05, 0.1) is 23.6 Å². The Morgan fingerprint density at radius 2 is 1.94 bits per heavy atom. The van der Waals surface area contributed by atoms with Gasteiger partial charge in [-0.2, -0.15) is 5.10 Å². The number of rotatable bonds is 7. The van der Waals surface area contributed by atoms with E-state index in [0.717, 1.165) is 31.0 Å². The highest BCUT2D eigenvalue weighted by Gasteiger charge is 2.41. The van der Waals surface area contributed by atoms with Crippen molar-refractivity contribution < 1.29 is 9.90 Å². The Labute approximate surface area is 234 Å². The maximum Gasteiger partial charge on any atom is 0.258 e. The normalized spacial score (nSPS) is 26.6. The number of aliphatic hydroxyl groups excluding tert-OH is 1. The van der Waals surface area contributed by atoms with E-state index >= 15 is 0 Å². The van der Waals surface area contributed by atoms with Crippen molar-refractivity contribution in [2.24, 2.45) is 11.8 Å². The molecular weight excluding hydrogens is 793 g/mol. The number of carbonyl (C=O) groups excluding carboxylic acids is 1. The summed E-state index contributed by atoms with van der Waals surface area (Å²) in [4.78, 5) is 15.6. The van der Waals surface area contributed by atoms with E-state index in [9.17, 15) is 9.90 Å². The number of anilines is 1. The Kier molecular flexibility index (Phi) is 8.11. The first-order chi connectivity index (χ1) is 17.3. The van der Waals surface area contributed by atoms with Crippen LogP contribution in [-0.4, -0.2) is 53.9 Å². The molecule has 2 unspecified atom stereocenters. The SMILES string of the molecule is C=IC1(c2cc(NC(=O)c3cnn(-c4ccccc4)c3)ccc2CN2C[C@@H](C)C(O)[C@@H](C)C2)I=I1=C. The van der Waals surface area contributed by atoms with E-state index in [1.165, 1.54) is 11.1 Å². The van der Waals surface area contributed by atoms with Gasteiger partial charge in [0.2, 0.25) is 0 Å². The van der Waals surface area contributed by atoms with Crippen molar-refractivity contribution in [2.45, 2.75) is 25.9 Å². The van der Waals surface area contributed by atoms with Crippen LogP contribution < -0.4 is 5.32 Å². The molecule has 2 aliphatic rings. The summed E-state index contributed by atoms with van der Waals surface area (Å²) in [5, 5.41) is 17.9. The highest BCUT2D eigenvalue weighted by atomic mass is 128. The minimum atomic E-state index is -1.16. The summed E-state index contributed by atoms with van der Waals surface area (Å²) in [7, 11) is 0. The number of aromatic nitrogens is 2. The van der Waals surface area contributed by atoms with E-state index in [2.05, 4.69) is 50.3 Å². The predicted octanol–water partition coefficient (Wildman–Crippen LogP) is 5.92. The molecule has 3 heterocycles. The third-order valence-corrected chi connectivity index (χ3v) is 42.9. The highest BCUT2D eigenvalue weighted by Crippen LogP contribution is 2.79. The van der Waals surface area contributed by atoms with Gasteiger partial charge in [-0.05, 0) is 47.2 Å². The summed E-state index contributed by atoms with van der Waals surface area (Å²) >= 11 is -1.23. The molecule has 0 aliphatic carbocycles. The van der Waals surface area contributed by atoms with Crippen LogP contribution in [0.4, 0.5) is 5.69 Å². The molecule has 1 aromatic heterocycles. The van der Waals surface area contributed by atoms with Gasteiger partial charge in [0.25, 0.3) is 5.91 Å². The van der Waals surface area contributed by atoms with Crippen LogP contribution in [0, 0.1) is 11.8 Å². The Hall–Kier alpha value is -1.03. The van der Waals surface area contributed by atoms with Gasteiger partial charge >= 0.3 is 0 Å². The fourth-order valence-electron chi connectivity index (χ4n) is 4.85. The quantitative estimate of drug-likeness (QED) is 0.230. The molecule has 2 N–H and O–H groups in total. The molecule has 2 aliphatic heterocycles. The molecule has 3 aromatic rings. The zero-order chi connectivity index (χ0) is 25.4. The average Bonchev–Trinajstić information content (AvgIpc) is 3.29.